The van der Waals surface area contributed by atoms with E-state index < -0.39 is 15.8 Å². The van der Waals surface area contributed by atoms with Gasteiger partial charge in [0.2, 0.25) is 5.91 Å². The number of sulfonamides is 1. The van der Waals surface area contributed by atoms with Gasteiger partial charge in [0.05, 0.1) is 17.2 Å². The van der Waals surface area contributed by atoms with E-state index >= 15 is 0 Å². The fourth-order valence-electron chi connectivity index (χ4n) is 2.78. The first kappa shape index (κ1) is 18.2. The fourth-order valence-corrected chi connectivity index (χ4v) is 3.83. The second kappa shape index (κ2) is 7.33. The average molecular weight is 378 g/mol. The molecule has 1 aliphatic heterocycles. The Morgan fingerprint density at radius 3 is 2.50 bits per heavy atom. The summed E-state index contributed by atoms with van der Waals surface area (Å²) in [5, 5.41) is 0. The summed E-state index contributed by atoms with van der Waals surface area (Å²) in [7, 11) is -3.87. The van der Waals surface area contributed by atoms with Gasteiger partial charge in [-0.05, 0) is 49.7 Å². The molecule has 1 saturated heterocycles. The molecule has 0 unspecified atom stereocenters. The van der Waals surface area contributed by atoms with E-state index in [1.807, 2.05) is 0 Å². The minimum atomic E-state index is -3.87. The molecular formula is C18H19FN2O4S. The van der Waals surface area contributed by atoms with Gasteiger partial charge in [0.1, 0.15) is 0 Å². The number of nitrogens with zero attached hydrogens (tertiary/aromatic N) is 1. The molecule has 1 aliphatic rings. The fraction of sp³-hybridized carbons (Fsp3) is 0.278. The van der Waals surface area contributed by atoms with Crippen molar-refractivity contribution in [3.05, 3.63) is 48.3 Å². The van der Waals surface area contributed by atoms with Crippen molar-refractivity contribution in [2.45, 2.75) is 24.7 Å². The van der Waals surface area contributed by atoms with Crippen molar-refractivity contribution in [1.29, 1.82) is 0 Å². The predicted octanol–water partition coefficient (Wildman–Crippen LogP) is 3.15. The maximum atomic E-state index is 13.9. The number of hydrogen-bond acceptors (Lipinski definition) is 4. The Bertz CT molecular complexity index is 913. The summed E-state index contributed by atoms with van der Waals surface area (Å²) in [6.45, 7) is 2.68. The third kappa shape index (κ3) is 3.80. The lowest BCUT2D eigenvalue weighted by Crippen LogP contribution is -2.23. The molecule has 1 fully saturated rings. The second-order valence-corrected chi connectivity index (χ2v) is 7.51. The quantitative estimate of drug-likeness (QED) is 0.838. The highest BCUT2D eigenvalue weighted by molar-refractivity contribution is 7.92. The number of nitrogens with one attached hydrogen (secondary N) is 1. The van der Waals surface area contributed by atoms with Crippen LogP contribution in [0, 0.1) is 5.82 Å². The topological polar surface area (TPSA) is 75.7 Å². The van der Waals surface area contributed by atoms with Gasteiger partial charge >= 0.3 is 0 Å². The molecule has 26 heavy (non-hydrogen) atoms. The molecule has 1 heterocycles. The van der Waals surface area contributed by atoms with Crippen LogP contribution >= 0.6 is 0 Å². The standard InChI is InChI=1S/C18H19FN2O4S/c1-2-25-17-10-5-13(12-16(17)19)20-26(23,24)15-8-6-14(7-9-15)21-11-3-4-18(21)22/h5-10,12,20H,2-4,11H2,1H3. The van der Waals surface area contributed by atoms with E-state index in [1.165, 1.54) is 24.3 Å². The van der Waals surface area contributed by atoms with Gasteiger partial charge in [-0.2, -0.15) is 0 Å². The minimum Gasteiger partial charge on any atom is -0.491 e. The number of carbonyl (C=O) groups excluding carboxylic acids is 1. The van der Waals surface area contributed by atoms with Crippen LogP contribution < -0.4 is 14.4 Å². The van der Waals surface area contributed by atoms with Crippen molar-refractivity contribution >= 4 is 27.3 Å². The first-order chi connectivity index (χ1) is 12.4. The first-order valence-electron chi connectivity index (χ1n) is 8.26. The highest BCUT2D eigenvalue weighted by Crippen LogP contribution is 2.26. The van der Waals surface area contributed by atoms with E-state index in [-0.39, 0.29) is 22.2 Å². The lowest BCUT2D eigenvalue weighted by atomic mass is 10.3. The van der Waals surface area contributed by atoms with E-state index in [0.717, 1.165) is 12.5 Å². The maximum absolute atomic E-state index is 13.9. The van der Waals surface area contributed by atoms with Gasteiger partial charge in [-0.15, -0.1) is 0 Å². The van der Waals surface area contributed by atoms with Crippen molar-refractivity contribution in [3.8, 4) is 5.75 Å². The molecular weight excluding hydrogens is 359 g/mol. The maximum Gasteiger partial charge on any atom is 0.261 e. The van der Waals surface area contributed by atoms with Crippen molar-refractivity contribution in [2.75, 3.05) is 22.8 Å². The number of anilines is 2. The number of benzene rings is 2. The zero-order chi connectivity index (χ0) is 18.7. The van der Waals surface area contributed by atoms with E-state index in [4.69, 9.17) is 4.74 Å². The van der Waals surface area contributed by atoms with E-state index in [9.17, 15) is 17.6 Å². The molecule has 0 aromatic heterocycles. The Labute approximate surface area is 151 Å². The predicted molar refractivity (Wildman–Crippen MR) is 96.4 cm³/mol. The molecule has 138 valence electrons. The van der Waals surface area contributed by atoms with E-state index in [1.54, 1.807) is 24.0 Å². The van der Waals surface area contributed by atoms with Crippen LogP contribution in [0.3, 0.4) is 0 Å². The molecule has 0 aliphatic carbocycles. The molecule has 2 aromatic rings. The number of halogens is 1. The van der Waals surface area contributed by atoms with Crippen molar-refractivity contribution < 1.29 is 22.3 Å². The average Bonchev–Trinajstić information content (AvgIpc) is 3.03. The van der Waals surface area contributed by atoms with Crippen LogP contribution in [0.5, 0.6) is 5.75 Å². The Hall–Kier alpha value is -2.61. The summed E-state index contributed by atoms with van der Waals surface area (Å²) in [4.78, 5) is 13.4. The number of ether oxygens (including phenoxy) is 1. The highest BCUT2D eigenvalue weighted by atomic mass is 32.2. The third-order valence-corrected chi connectivity index (χ3v) is 5.41. The van der Waals surface area contributed by atoms with Crippen LogP contribution in [0.4, 0.5) is 15.8 Å². The summed E-state index contributed by atoms with van der Waals surface area (Å²) in [6, 6.07) is 9.91. The van der Waals surface area contributed by atoms with Gasteiger partial charge in [-0.1, -0.05) is 0 Å². The second-order valence-electron chi connectivity index (χ2n) is 5.83. The van der Waals surface area contributed by atoms with Gasteiger partial charge in [0.15, 0.2) is 11.6 Å². The summed E-state index contributed by atoms with van der Waals surface area (Å²) >= 11 is 0. The first-order valence-corrected chi connectivity index (χ1v) is 9.74. The molecule has 0 saturated carbocycles. The monoisotopic (exact) mass is 378 g/mol. The Balaban J connectivity index is 1.77. The molecule has 0 radical (unpaired) electrons. The van der Waals surface area contributed by atoms with Crippen molar-refractivity contribution in [3.63, 3.8) is 0 Å². The Morgan fingerprint density at radius 2 is 1.92 bits per heavy atom. The van der Waals surface area contributed by atoms with Crippen LogP contribution in [0.1, 0.15) is 19.8 Å². The zero-order valence-corrected chi connectivity index (χ0v) is 15.1. The normalized spacial score (nSPS) is 14.5. The summed E-state index contributed by atoms with van der Waals surface area (Å²) in [6.07, 6.45) is 1.30. The van der Waals surface area contributed by atoms with Gasteiger partial charge in [-0.3, -0.25) is 9.52 Å². The zero-order valence-electron chi connectivity index (χ0n) is 14.2. The van der Waals surface area contributed by atoms with Crippen molar-refractivity contribution in [2.24, 2.45) is 0 Å². The van der Waals surface area contributed by atoms with Gasteiger partial charge in [0.25, 0.3) is 10.0 Å². The van der Waals surface area contributed by atoms with Crippen LogP contribution in [0.2, 0.25) is 0 Å². The largest absolute Gasteiger partial charge is 0.491 e. The molecule has 0 bridgehead atoms. The third-order valence-electron chi connectivity index (χ3n) is 4.02. The molecule has 3 rings (SSSR count). The molecule has 1 amide bonds. The lowest BCUT2D eigenvalue weighted by molar-refractivity contribution is -0.117. The summed E-state index contributed by atoms with van der Waals surface area (Å²) in [5.74, 6) is -0.548. The van der Waals surface area contributed by atoms with E-state index in [2.05, 4.69) is 4.72 Å². The summed E-state index contributed by atoms with van der Waals surface area (Å²) < 4.78 is 46.3. The lowest BCUT2D eigenvalue weighted by Gasteiger charge is -2.16. The molecule has 6 nitrogen and oxygen atoms in total. The van der Waals surface area contributed by atoms with E-state index in [0.29, 0.717) is 25.3 Å². The van der Waals surface area contributed by atoms with Crippen LogP contribution in [0.25, 0.3) is 0 Å². The molecule has 0 atom stereocenters. The molecule has 1 N–H and O–H groups in total. The SMILES string of the molecule is CCOc1ccc(NS(=O)(=O)c2ccc(N3CCCC3=O)cc2)cc1F. The molecule has 2 aromatic carbocycles. The number of amides is 1. The smallest absolute Gasteiger partial charge is 0.261 e. The summed E-state index contributed by atoms with van der Waals surface area (Å²) in [5.41, 5.74) is 0.767. The Kier molecular flexibility index (Phi) is 5.13. The van der Waals surface area contributed by atoms with Crippen molar-refractivity contribution in [1.82, 2.24) is 0 Å². The number of carbonyl (C=O) groups is 1. The highest BCUT2D eigenvalue weighted by Gasteiger charge is 2.22. The molecule has 8 heteroatoms. The van der Waals surface area contributed by atoms with Gasteiger partial charge in [-0.25, -0.2) is 12.8 Å². The van der Waals surface area contributed by atoms with Gasteiger partial charge in [0, 0.05) is 24.7 Å². The number of hydrogen-bond donors (Lipinski definition) is 1. The Morgan fingerprint density at radius 1 is 1.19 bits per heavy atom. The van der Waals surface area contributed by atoms with Gasteiger partial charge < -0.3 is 9.64 Å². The van der Waals surface area contributed by atoms with Crippen LogP contribution in [0.15, 0.2) is 47.4 Å². The molecule has 0 spiro atoms. The van der Waals surface area contributed by atoms with Crippen LogP contribution in [-0.4, -0.2) is 27.5 Å². The number of rotatable bonds is 6. The minimum absolute atomic E-state index is 0.0298. The van der Waals surface area contributed by atoms with Crippen LogP contribution in [-0.2, 0) is 14.8 Å².